The van der Waals surface area contributed by atoms with Gasteiger partial charge < -0.3 is 15.0 Å². The number of benzene rings is 1. The van der Waals surface area contributed by atoms with Crippen LogP contribution in [0.1, 0.15) is 19.8 Å². The normalized spacial score (nSPS) is 20.4. The Kier molecular flexibility index (Phi) is 4.26. The van der Waals surface area contributed by atoms with Gasteiger partial charge in [-0.1, -0.05) is 6.92 Å². The maximum Gasteiger partial charge on any atom is 0.119 e. The third-order valence-corrected chi connectivity index (χ3v) is 3.35. The molecule has 1 atom stereocenters. The first-order valence-electron chi connectivity index (χ1n) is 6.46. The van der Waals surface area contributed by atoms with Crippen LogP contribution in [-0.4, -0.2) is 32.8 Å². The zero-order valence-electron chi connectivity index (χ0n) is 10.8. The predicted molar refractivity (Wildman–Crippen MR) is 71.9 cm³/mol. The third-order valence-electron chi connectivity index (χ3n) is 3.35. The summed E-state index contributed by atoms with van der Waals surface area (Å²) < 4.78 is 5.19. The molecule has 94 valence electrons. The molecule has 3 heteroatoms. The van der Waals surface area contributed by atoms with Gasteiger partial charge in [0.15, 0.2) is 0 Å². The summed E-state index contributed by atoms with van der Waals surface area (Å²) in [5.41, 5.74) is 1.30. The van der Waals surface area contributed by atoms with Gasteiger partial charge in [0.1, 0.15) is 5.75 Å². The molecule has 0 aliphatic carbocycles. The van der Waals surface area contributed by atoms with Gasteiger partial charge in [-0.2, -0.15) is 0 Å². The van der Waals surface area contributed by atoms with Crippen molar-refractivity contribution in [3.8, 4) is 5.75 Å². The molecule has 1 unspecified atom stereocenters. The maximum atomic E-state index is 5.19. The van der Waals surface area contributed by atoms with Crippen LogP contribution in [0.2, 0.25) is 0 Å². The van der Waals surface area contributed by atoms with Crippen molar-refractivity contribution in [3.05, 3.63) is 24.3 Å². The van der Waals surface area contributed by atoms with Crippen LogP contribution in [0.5, 0.6) is 5.75 Å². The van der Waals surface area contributed by atoms with E-state index < -0.39 is 0 Å². The summed E-state index contributed by atoms with van der Waals surface area (Å²) in [4.78, 5) is 2.45. The summed E-state index contributed by atoms with van der Waals surface area (Å²) in [6, 6.07) is 8.99. The van der Waals surface area contributed by atoms with Crippen LogP contribution in [0.15, 0.2) is 24.3 Å². The molecule has 2 rings (SSSR count). The van der Waals surface area contributed by atoms with E-state index in [1.807, 2.05) is 12.1 Å². The lowest BCUT2D eigenvalue weighted by Gasteiger charge is -2.34. The first-order valence-corrected chi connectivity index (χ1v) is 6.46. The molecular formula is C14H22N2O. The summed E-state index contributed by atoms with van der Waals surface area (Å²) in [7, 11) is 1.71. The van der Waals surface area contributed by atoms with Crippen LogP contribution in [0, 0.1) is 0 Å². The third kappa shape index (κ3) is 3.13. The number of nitrogens with one attached hydrogen (secondary N) is 1. The molecule has 0 spiro atoms. The lowest BCUT2D eigenvalue weighted by Crippen LogP contribution is -2.45. The van der Waals surface area contributed by atoms with Crippen LogP contribution < -0.4 is 15.0 Å². The Bertz CT molecular complexity index is 335. The largest absolute Gasteiger partial charge is 0.497 e. The minimum absolute atomic E-state index is 0.635. The monoisotopic (exact) mass is 234 g/mol. The molecule has 1 heterocycles. The smallest absolute Gasteiger partial charge is 0.119 e. The molecule has 1 aromatic rings. The summed E-state index contributed by atoms with van der Waals surface area (Å²) in [5, 5.41) is 3.54. The van der Waals surface area contributed by atoms with Crippen molar-refractivity contribution in [2.24, 2.45) is 0 Å². The molecule has 0 aromatic heterocycles. The predicted octanol–water partition coefficient (Wildman–Crippen LogP) is 2.27. The summed E-state index contributed by atoms with van der Waals surface area (Å²) >= 11 is 0. The number of anilines is 1. The molecule has 1 aliphatic rings. The SMILES string of the molecule is CCNC1CCCN(c2ccc(OC)cc2)C1. The minimum atomic E-state index is 0.635. The fourth-order valence-corrected chi connectivity index (χ4v) is 2.46. The number of likely N-dealkylation sites (N-methyl/N-ethyl adjacent to an activating group) is 1. The second kappa shape index (κ2) is 5.92. The summed E-state index contributed by atoms with van der Waals surface area (Å²) in [6.07, 6.45) is 2.56. The number of hydrogen-bond acceptors (Lipinski definition) is 3. The topological polar surface area (TPSA) is 24.5 Å². The molecule has 1 saturated heterocycles. The number of piperidine rings is 1. The van der Waals surface area contributed by atoms with E-state index in [0.29, 0.717) is 6.04 Å². The molecule has 0 radical (unpaired) electrons. The van der Waals surface area contributed by atoms with Gasteiger partial charge in [0.2, 0.25) is 0 Å². The molecular weight excluding hydrogens is 212 g/mol. The zero-order chi connectivity index (χ0) is 12.1. The second-order valence-corrected chi connectivity index (χ2v) is 4.54. The van der Waals surface area contributed by atoms with Crippen LogP contribution >= 0.6 is 0 Å². The molecule has 3 nitrogen and oxygen atoms in total. The average Bonchev–Trinajstić information content (AvgIpc) is 2.40. The Morgan fingerprint density at radius 2 is 2.12 bits per heavy atom. The first-order chi connectivity index (χ1) is 8.33. The molecule has 1 N–H and O–H groups in total. The minimum Gasteiger partial charge on any atom is -0.497 e. The number of ether oxygens (including phenoxy) is 1. The molecule has 0 saturated carbocycles. The first kappa shape index (κ1) is 12.2. The Morgan fingerprint density at radius 3 is 2.76 bits per heavy atom. The molecule has 1 aliphatic heterocycles. The van der Waals surface area contributed by atoms with Crippen molar-refractivity contribution in [2.45, 2.75) is 25.8 Å². The van der Waals surface area contributed by atoms with Crippen molar-refractivity contribution in [1.82, 2.24) is 5.32 Å². The van der Waals surface area contributed by atoms with Crippen molar-refractivity contribution >= 4 is 5.69 Å². The number of methoxy groups -OCH3 is 1. The van der Waals surface area contributed by atoms with Crippen molar-refractivity contribution < 1.29 is 4.74 Å². The highest BCUT2D eigenvalue weighted by Gasteiger charge is 2.18. The van der Waals surface area contributed by atoms with E-state index in [1.165, 1.54) is 18.5 Å². The van der Waals surface area contributed by atoms with Crippen molar-refractivity contribution in [2.75, 3.05) is 31.6 Å². The van der Waals surface area contributed by atoms with Gasteiger partial charge in [-0.15, -0.1) is 0 Å². The lowest BCUT2D eigenvalue weighted by atomic mass is 10.0. The van der Waals surface area contributed by atoms with Gasteiger partial charge in [0.05, 0.1) is 7.11 Å². The molecule has 0 bridgehead atoms. The Labute approximate surface area is 104 Å². The van der Waals surface area contributed by atoms with Crippen LogP contribution in [-0.2, 0) is 0 Å². The van der Waals surface area contributed by atoms with Crippen LogP contribution in [0.4, 0.5) is 5.69 Å². The molecule has 17 heavy (non-hydrogen) atoms. The number of rotatable bonds is 4. The van der Waals surface area contributed by atoms with E-state index in [-0.39, 0.29) is 0 Å². The Morgan fingerprint density at radius 1 is 1.35 bits per heavy atom. The molecule has 1 fully saturated rings. The number of hydrogen-bond donors (Lipinski definition) is 1. The molecule has 0 amide bonds. The Balaban J connectivity index is 2.00. The van der Waals surface area contributed by atoms with Crippen LogP contribution in [0.3, 0.4) is 0 Å². The standard InChI is InChI=1S/C14H22N2O/c1-3-15-12-5-4-10-16(11-12)13-6-8-14(17-2)9-7-13/h6-9,12,15H,3-5,10-11H2,1-2H3. The fourth-order valence-electron chi connectivity index (χ4n) is 2.46. The highest BCUT2D eigenvalue weighted by molar-refractivity contribution is 5.49. The van der Waals surface area contributed by atoms with Crippen molar-refractivity contribution in [3.63, 3.8) is 0 Å². The lowest BCUT2D eigenvalue weighted by molar-refractivity contribution is 0.414. The average molecular weight is 234 g/mol. The highest BCUT2D eigenvalue weighted by atomic mass is 16.5. The van der Waals surface area contributed by atoms with Gasteiger partial charge in [-0.25, -0.2) is 0 Å². The van der Waals surface area contributed by atoms with Crippen LogP contribution in [0.25, 0.3) is 0 Å². The van der Waals surface area contributed by atoms with Gasteiger partial charge in [-0.05, 0) is 43.7 Å². The van der Waals surface area contributed by atoms with E-state index >= 15 is 0 Å². The van der Waals surface area contributed by atoms with Crippen molar-refractivity contribution in [1.29, 1.82) is 0 Å². The van der Waals surface area contributed by atoms with E-state index in [2.05, 4.69) is 29.3 Å². The van der Waals surface area contributed by atoms with E-state index in [9.17, 15) is 0 Å². The summed E-state index contributed by atoms with van der Waals surface area (Å²) in [5.74, 6) is 0.925. The van der Waals surface area contributed by atoms with Gasteiger partial charge in [0.25, 0.3) is 0 Å². The maximum absolute atomic E-state index is 5.19. The quantitative estimate of drug-likeness (QED) is 0.865. The van der Waals surface area contributed by atoms with E-state index in [1.54, 1.807) is 7.11 Å². The van der Waals surface area contributed by atoms with Gasteiger partial charge >= 0.3 is 0 Å². The van der Waals surface area contributed by atoms with Gasteiger partial charge in [0, 0.05) is 24.8 Å². The van der Waals surface area contributed by atoms with Gasteiger partial charge in [-0.3, -0.25) is 0 Å². The van der Waals surface area contributed by atoms with E-state index in [0.717, 1.165) is 25.4 Å². The molecule has 1 aromatic carbocycles. The van der Waals surface area contributed by atoms with E-state index in [4.69, 9.17) is 4.74 Å². The zero-order valence-corrected chi connectivity index (χ0v) is 10.8. The summed E-state index contributed by atoms with van der Waals surface area (Å²) in [6.45, 7) is 5.50. The highest BCUT2D eigenvalue weighted by Crippen LogP contribution is 2.22. The fraction of sp³-hybridized carbons (Fsp3) is 0.571. The number of nitrogens with zero attached hydrogens (tertiary/aromatic N) is 1. The second-order valence-electron chi connectivity index (χ2n) is 4.54. The Hall–Kier alpha value is -1.22.